The van der Waals surface area contributed by atoms with E-state index in [2.05, 4.69) is 10.4 Å². The summed E-state index contributed by atoms with van der Waals surface area (Å²) in [5, 5.41) is 7.10. The van der Waals surface area contributed by atoms with Gasteiger partial charge in [0, 0.05) is 25.5 Å². The van der Waals surface area contributed by atoms with E-state index in [1.165, 1.54) is 7.11 Å². The summed E-state index contributed by atoms with van der Waals surface area (Å²) in [6.07, 6.45) is 3.43. The Balaban J connectivity index is 0.000000980. The molecule has 0 unspecified atom stereocenters. The van der Waals surface area contributed by atoms with Gasteiger partial charge in [-0.1, -0.05) is 0 Å². The Hall–Kier alpha value is -0.780. The summed E-state index contributed by atoms with van der Waals surface area (Å²) in [4.78, 5) is 11.5. The lowest BCUT2D eigenvalue weighted by Gasteiger charge is -2.39. The lowest BCUT2D eigenvalue weighted by molar-refractivity contribution is -0.155. The van der Waals surface area contributed by atoms with Crippen LogP contribution in [-0.4, -0.2) is 35.9 Å². The molecule has 1 aliphatic rings. The number of nitrogens with one attached hydrogen (secondary N) is 1. The predicted octanol–water partition coefficient (Wildman–Crippen LogP) is 0.198. The van der Waals surface area contributed by atoms with Crippen LogP contribution in [-0.2, 0) is 15.1 Å². The average Bonchev–Trinajstić information content (AvgIpc) is 2.55. The number of esters is 1. The second kappa shape index (κ2) is 5.34. The lowest BCUT2D eigenvalue weighted by Crippen LogP contribution is -2.65. The molecule has 15 heavy (non-hydrogen) atoms. The van der Waals surface area contributed by atoms with Crippen LogP contribution in [0.15, 0.2) is 18.5 Å². The zero-order valence-electron chi connectivity index (χ0n) is 8.17. The van der Waals surface area contributed by atoms with E-state index in [0.717, 1.165) is 0 Å². The van der Waals surface area contributed by atoms with Gasteiger partial charge in [0.2, 0.25) is 0 Å². The van der Waals surface area contributed by atoms with Crippen LogP contribution in [0.2, 0.25) is 0 Å². The molecule has 2 heterocycles. The van der Waals surface area contributed by atoms with Gasteiger partial charge >= 0.3 is 5.97 Å². The first-order chi connectivity index (χ1) is 6.29. The number of carbonyl (C=O) groups is 1. The average molecular weight is 254 g/mol. The summed E-state index contributed by atoms with van der Waals surface area (Å²) in [5.41, 5.74) is -0.613. The standard InChI is InChI=1S/C8H11N3O2.2ClH/c1-13-7(12)8(5-9-6-8)11-4-2-3-10-11;;/h2-4,9H,5-6H2,1H3;2*1H. The summed E-state index contributed by atoms with van der Waals surface area (Å²) < 4.78 is 6.39. The molecule has 0 aliphatic carbocycles. The smallest absolute Gasteiger partial charge is 0.336 e. The Kier molecular flexibility index (Phi) is 5.07. The number of rotatable bonds is 2. The summed E-state index contributed by atoms with van der Waals surface area (Å²) in [6.45, 7) is 1.17. The van der Waals surface area contributed by atoms with Crippen LogP contribution in [0.1, 0.15) is 0 Å². The Labute approximate surface area is 100.0 Å². The second-order valence-electron chi connectivity index (χ2n) is 3.08. The molecule has 1 aromatic heterocycles. The molecular formula is C8H13Cl2N3O2. The lowest BCUT2D eigenvalue weighted by atomic mass is 9.93. The molecule has 86 valence electrons. The van der Waals surface area contributed by atoms with Gasteiger partial charge in [-0.05, 0) is 6.07 Å². The Morgan fingerprint density at radius 3 is 2.53 bits per heavy atom. The first-order valence-corrected chi connectivity index (χ1v) is 4.09. The first kappa shape index (κ1) is 14.2. The van der Waals surface area contributed by atoms with Gasteiger partial charge in [0.1, 0.15) is 0 Å². The maximum Gasteiger partial charge on any atom is 0.336 e. The van der Waals surface area contributed by atoms with E-state index in [1.54, 1.807) is 23.1 Å². The van der Waals surface area contributed by atoms with Gasteiger partial charge in [0.25, 0.3) is 0 Å². The maximum atomic E-state index is 11.5. The third kappa shape index (κ3) is 2.09. The fourth-order valence-corrected chi connectivity index (χ4v) is 1.47. The highest BCUT2D eigenvalue weighted by Crippen LogP contribution is 2.21. The molecule has 5 nitrogen and oxygen atoms in total. The maximum absolute atomic E-state index is 11.5. The van der Waals surface area contributed by atoms with Crippen molar-refractivity contribution in [1.82, 2.24) is 15.1 Å². The number of aromatic nitrogens is 2. The van der Waals surface area contributed by atoms with Crippen molar-refractivity contribution < 1.29 is 9.53 Å². The van der Waals surface area contributed by atoms with Crippen LogP contribution in [0, 0.1) is 0 Å². The van der Waals surface area contributed by atoms with E-state index in [0.29, 0.717) is 13.1 Å². The van der Waals surface area contributed by atoms with Gasteiger partial charge < -0.3 is 10.1 Å². The summed E-state index contributed by atoms with van der Waals surface area (Å²) in [6, 6.07) is 1.79. The normalized spacial score (nSPS) is 16.6. The highest BCUT2D eigenvalue weighted by Gasteiger charge is 2.47. The molecule has 0 aromatic carbocycles. The van der Waals surface area contributed by atoms with E-state index in [9.17, 15) is 4.79 Å². The van der Waals surface area contributed by atoms with E-state index < -0.39 is 5.54 Å². The number of hydrogen-bond donors (Lipinski definition) is 1. The number of methoxy groups -OCH3 is 1. The van der Waals surface area contributed by atoms with Gasteiger partial charge in [-0.2, -0.15) is 5.10 Å². The fraction of sp³-hybridized carbons (Fsp3) is 0.500. The monoisotopic (exact) mass is 253 g/mol. The summed E-state index contributed by atoms with van der Waals surface area (Å²) >= 11 is 0. The molecular weight excluding hydrogens is 241 g/mol. The topological polar surface area (TPSA) is 56.2 Å². The van der Waals surface area contributed by atoms with Crippen molar-refractivity contribution >= 4 is 30.8 Å². The highest BCUT2D eigenvalue weighted by molar-refractivity contribution is 5.85. The molecule has 2 rings (SSSR count). The molecule has 0 saturated carbocycles. The van der Waals surface area contributed by atoms with E-state index in [1.807, 2.05) is 0 Å². The molecule has 0 atom stereocenters. The number of nitrogens with zero attached hydrogens (tertiary/aromatic N) is 2. The van der Waals surface area contributed by atoms with Gasteiger partial charge in [0.05, 0.1) is 7.11 Å². The molecule has 0 bridgehead atoms. The van der Waals surface area contributed by atoms with E-state index in [-0.39, 0.29) is 30.8 Å². The molecule has 1 N–H and O–H groups in total. The minimum absolute atomic E-state index is 0. The Morgan fingerprint density at radius 2 is 2.20 bits per heavy atom. The molecule has 1 saturated heterocycles. The Bertz CT molecular complexity index is 312. The van der Waals surface area contributed by atoms with Gasteiger partial charge in [-0.15, -0.1) is 24.8 Å². The van der Waals surface area contributed by atoms with Crippen LogP contribution in [0.3, 0.4) is 0 Å². The third-order valence-electron chi connectivity index (χ3n) is 2.34. The van der Waals surface area contributed by atoms with E-state index >= 15 is 0 Å². The number of carbonyl (C=O) groups excluding carboxylic acids is 1. The molecule has 0 spiro atoms. The minimum atomic E-state index is -0.613. The summed E-state index contributed by atoms with van der Waals surface area (Å²) in [5.74, 6) is -0.241. The van der Waals surface area contributed by atoms with Crippen molar-refractivity contribution in [2.45, 2.75) is 5.54 Å². The van der Waals surface area contributed by atoms with Crippen molar-refractivity contribution in [1.29, 1.82) is 0 Å². The molecule has 0 amide bonds. The van der Waals surface area contributed by atoms with Crippen molar-refractivity contribution in [3.05, 3.63) is 18.5 Å². The number of hydrogen-bond acceptors (Lipinski definition) is 4. The van der Waals surface area contributed by atoms with Crippen LogP contribution >= 0.6 is 24.8 Å². The largest absolute Gasteiger partial charge is 0.467 e. The molecule has 1 aliphatic heterocycles. The number of halogens is 2. The number of ether oxygens (including phenoxy) is 1. The van der Waals surface area contributed by atoms with Crippen molar-refractivity contribution in [2.24, 2.45) is 0 Å². The van der Waals surface area contributed by atoms with Crippen LogP contribution in [0.25, 0.3) is 0 Å². The molecule has 0 radical (unpaired) electrons. The molecule has 1 aromatic rings. The molecule has 1 fully saturated rings. The van der Waals surface area contributed by atoms with E-state index in [4.69, 9.17) is 4.74 Å². The quantitative estimate of drug-likeness (QED) is 0.766. The van der Waals surface area contributed by atoms with Crippen molar-refractivity contribution in [3.8, 4) is 0 Å². The van der Waals surface area contributed by atoms with Gasteiger partial charge in [0.15, 0.2) is 5.54 Å². The fourth-order valence-electron chi connectivity index (χ4n) is 1.47. The molecule has 7 heteroatoms. The first-order valence-electron chi connectivity index (χ1n) is 4.09. The van der Waals surface area contributed by atoms with Crippen molar-refractivity contribution in [3.63, 3.8) is 0 Å². The van der Waals surface area contributed by atoms with Gasteiger partial charge in [-0.25, -0.2) is 4.79 Å². The zero-order valence-corrected chi connectivity index (χ0v) is 9.81. The zero-order chi connectivity index (χ0) is 9.31. The highest BCUT2D eigenvalue weighted by atomic mass is 35.5. The Morgan fingerprint density at radius 1 is 1.53 bits per heavy atom. The van der Waals surface area contributed by atoms with Gasteiger partial charge in [-0.3, -0.25) is 4.68 Å². The summed E-state index contributed by atoms with van der Waals surface area (Å²) in [7, 11) is 1.39. The minimum Gasteiger partial charge on any atom is -0.467 e. The van der Waals surface area contributed by atoms with Crippen LogP contribution in [0.4, 0.5) is 0 Å². The van der Waals surface area contributed by atoms with Crippen LogP contribution in [0.5, 0.6) is 0 Å². The third-order valence-corrected chi connectivity index (χ3v) is 2.34. The SMILES string of the molecule is COC(=O)C1(n2cccn2)CNC1.Cl.Cl. The van der Waals surface area contributed by atoms with Crippen molar-refractivity contribution in [2.75, 3.05) is 20.2 Å². The predicted molar refractivity (Wildman–Crippen MR) is 59.6 cm³/mol. The second-order valence-corrected chi connectivity index (χ2v) is 3.08. The van der Waals surface area contributed by atoms with Crippen LogP contribution < -0.4 is 5.32 Å².